The molecule has 2 amide bonds. The number of ether oxygens (including phenoxy) is 2. The van der Waals surface area contributed by atoms with Crippen molar-refractivity contribution in [3.63, 3.8) is 0 Å². The number of hydrogen-bond donors (Lipinski definition) is 0. The highest BCUT2D eigenvalue weighted by Gasteiger charge is 2.41. The van der Waals surface area contributed by atoms with E-state index in [2.05, 4.69) is 4.90 Å². The van der Waals surface area contributed by atoms with Gasteiger partial charge < -0.3 is 9.47 Å². The van der Waals surface area contributed by atoms with Crippen LogP contribution in [-0.2, 0) is 20.7 Å². The van der Waals surface area contributed by atoms with Gasteiger partial charge >= 0.3 is 0 Å². The number of imide groups is 1. The van der Waals surface area contributed by atoms with E-state index in [1.165, 1.54) is 4.90 Å². The van der Waals surface area contributed by atoms with Gasteiger partial charge in [-0.1, -0.05) is 12.1 Å². The third-order valence-electron chi connectivity index (χ3n) is 4.49. The van der Waals surface area contributed by atoms with Crippen LogP contribution in [-0.4, -0.2) is 67.6 Å². The minimum absolute atomic E-state index is 0.0644. The van der Waals surface area contributed by atoms with E-state index < -0.39 is 0 Å². The maximum Gasteiger partial charge on any atom is 0.247 e. The number of rotatable bonds is 5. The summed E-state index contributed by atoms with van der Waals surface area (Å²) in [5.74, 6) is 0.667. The average Bonchev–Trinajstić information content (AvgIpc) is 2.88. The molecule has 1 atom stereocenters. The Kier molecular flexibility index (Phi) is 4.93. The monoisotopic (exact) mass is 318 g/mol. The van der Waals surface area contributed by atoms with Crippen LogP contribution in [0.5, 0.6) is 5.75 Å². The molecule has 0 saturated carbocycles. The Morgan fingerprint density at radius 1 is 1.17 bits per heavy atom. The molecule has 0 N–H and O–H groups in total. The van der Waals surface area contributed by atoms with Crippen LogP contribution in [0.2, 0.25) is 0 Å². The highest BCUT2D eigenvalue weighted by Crippen LogP contribution is 2.20. The summed E-state index contributed by atoms with van der Waals surface area (Å²) in [6, 6.07) is 7.40. The molecular formula is C17H22N2O4. The van der Waals surface area contributed by atoms with Crippen molar-refractivity contribution >= 4 is 11.8 Å². The van der Waals surface area contributed by atoms with Gasteiger partial charge in [0.2, 0.25) is 11.8 Å². The first-order chi connectivity index (χ1) is 11.2. The number of likely N-dealkylation sites (tertiary alicyclic amines) is 1. The second-order valence-electron chi connectivity index (χ2n) is 5.85. The van der Waals surface area contributed by atoms with Gasteiger partial charge in [0, 0.05) is 19.6 Å². The van der Waals surface area contributed by atoms with Crippen LogP contribution in [0.1, 0.15) is 12.0 Å². The third kappa shape index (κ3) is 3.54. The molecule has 1 aromatic rings. The summed E-state index contributed by atoms with van der Waals surface area (Å²) in [6.07, 6.45) is 0.957. The highest BCUT2D eigenvalue weighted by atomic mass is 16.5. The van der Waals surface area contributed by atoms with E-state index >= 15 is 0 Å². The van der Waals surface area contributed by atoms with Crippen LogP contribution in [0.15, 0.2) is 24.3 Å². The quantitative estimate of drug-likeness (QED) is 0.748. The molecule has 0 radical (unpaired) electrons. The van der Waals surface area contributed by atoms with E-state index in [1.807, 2.05) is 24.3 Å². The molecule has 0 aromatic heterocycles. The Labute approximate surface area is 136 Å². The lowest BCUT2D eigenvalue weighted by molar-refractivity contribution is -0.140. The van der Waals surface area contributed by atoms with E-state index in [0.717, 1.165) is 24.4 Å². The zero-order valence-corrected chi connectivity index (χ0v) is 13.4. The van der Waals surface area contributed by atoms with Gasteiger partial charge in [-0.2, -0.15) is 0 Å². The number of morpholine rings is 1. The minimum Gasteiger partial charge on any atom is -0.497 e. The van der Waals surface area contributed by atoms with Crippen molar-refractivity contribution in [3.05, 3.63) is 29.8 Å². The predicted molar refractivity (Wildman–Crippen MR) is 84.2 cm³/mol. The number of amides is 2. The summed E-state index contributed by atoms with van der Waals surface area (Å²) in [5.41, 5.74) is 1.08. The van der Waals surface area contributed by atoms with Crippen molar-refractivity contribution in [2.24, 2.45) is 0 Å². The summed E-state index contributed by atoms with van der Waals surface area (Å²) < 4.78 is 10.4. The summed E-state index contributed by atoms with van der Waals surface area (Å²) >= 11 is 0. The van der Waals surface area contributed by atoms with Gasteiger partial charge in [-0.15, -0.1) is 0 Å². The fourth-order valence-corrected chi connectivity index (χ4v) is 3.11. The molecule has 2 aliphatic heterocycles. The van der Waals surface area contributed by atoms with Crippen LogP contribution >= 0.6 is 0 Å². The normalized spacial score (nSPS) is 22.7. The number of methoxy groups -OCH3 is 1. The van der Waals surface area contributed by atoms with Crippen LogP contribution in [0.25, 0.3) is 0 Å². The van der Waals surface area contributed by atoms with E-state index in [-0.39, 0.29) is 17.9 Å². The number of benzene rings is 1. The van der Waals surface area contributed by atoms with E-state index in [4.69, 9.17) is 9.47 Å². The molecule has 2 aliphatic rings. The van der Waals surface area contributed by atoms with Crippen molar-refractivity contribution in [2.45, 2.75) is 18.9 Å². The lowest BCUT2D eigenvalue weighted by Gasteiger charge is -2.30. The number of hydrogen-bond acceptors (Lipinski definition) is 5. The van der Waals surface area contributed by atoms with Gasteiger partial charge in [0.05, 0.1) is 32.8 Å². The maximum absolute atomic E-state index is 12.5. The van der Waals surface area contributed by atoms with Gasteiger partial charge in [0.25, 0.3) is 0 Å². The zero-order valence-electron chi connectivity index (χ0n) is 13.4. The molecule has 124 valence electrons. The summed E-state index contributed by atoms with van der Waals surface area (Å²) in [4.78, 5) is 28.2. The molecule has 2 fully saturated rings. The standard InChI is InChI=1S/C17H22N2O4/c1-22-14-4-2-13(3-5-14)6-7-19-16(20)12-15(17(19)21)18-8-10-23-11-9-18/h2-5,15H,6-12H2,1H3/t15-/m0/s1. The molecule has 0 unspecified atom stereocenters. The van der Waals surface area contributed by atoms with Gasteiger partial charge in [-0.3, -0.25) is 19.4 Å². The van der Waals surface area contributed by atoms with Crippen molar-refractivity contribution in [2.75, 3.05) is 40.0 Å². The fraction of sp³-hybridized carbons (Fsp3) is 0.529. The Morgan fingerprint density at radius 3 is 2.52 bits per heavy atom. The fourth-order valence-electron chi connectivity index (χ4n) is 3.11. The molecule has 23 heavy (non-hydrogen) atoms. The summed E-state index contributed by atoms with van der Waals surface area (Å²) in [6.45, 7) is 3.13. The van der Waals surface area contributed by atoms with Gasteiger partial charge in [-0.25, -0.2) is 0 Å². The topological polar surface area (TPSA) is 59.1 Å². The molecule has 6 nitrogen and oxygen atoms in total. The maximum atomic E-state index is 12.5. The smallest absolute Gasteiger partial charge is 0.247 e. The van der Waals surface area contributed by atoms with E-state index in [0.29, 0.717) is 32.6 Å². The number of carbonyl (C=O) groups excluding carboxylic acids is 2. The molecule has 0 spiro atoms. The van der Waals surface area contributed by atoms with Crippen molar-refractivity contribution < 1.29 is 19.1 Å². The van der Waals surface area contributed by atoms with Gasteiger partial charge in [-0.05, 0) is 24.1 Å². The molecule has 6 heteroatoms. The first-order valence-electron chi connectivity index (χ1n) is 7.98. The predicted octanol–water partition coefficient (Wildman–Crippen LogP) is 0.697. The number of carbonyl (C=O) groups is 2. The Hall–Kier alpha value is -1.92. The zero-order chi connectivity index (χ0) is 16.2. The second kappa shape index (κ2) is 7.10. The first-order valence-corrected chi connectivity index (χ1v) is 7.98. The Balaban J connectivity index is 1.58. The summed E-state index contributed by atoms with van der Waals surface area (Å²) in [7, 11) is 1.63. The lowest BCUT2D eigenvalue weighted by atomic mass is 10.1. The van der Waals surface area contributed by atoms with Gasteiger partial charge in [0.15, 0.2) is 0 Å². The van der Waals surface area contributed by atoms with Crippen LogP contribution < -0.4 is 4.74 Å². The van der Waals surface area contributed by atoms with Crippen LogP contribution in [0, 0.1) is 0 Å². The molecule has 1 aromatic carbocycles. The molecule has 2 heterocycles. The first kappa shape index (κ1) is 16.0. The second-order valence-corrected chi connectivity index (χ2v) is 5.85. The molecular weight excluding hydrogens is 296 g/mol. The third-order valence-corrected chi connectivity index (χ3v) is 4.49. The van der Waals surface area contributed by atoms with E-state index in [1.54, 1.807) is 7.11 Å². The van der Waals surface area contributed by atoms with Crippen LogP contribution in [0.4, 0.5) is 0 Å². The van der Waals surface area contributed by atoms with Crippen molar-refractivity contribution in [1.29, 1.82) is 0 Å². The van der Waals surface area contributed by atoms with E-state index in [9.17, 15) is 9.59 Å². The number of nitrogens with zero attached hydrogens (tertiary/aromatic N) is 2. The molecule has 3 rings (SSSR count). The van der Waals surface area contributed by atoms with Crippen molar-refractivity contribution in [1.82, 2.24) is 9.80 Å². The largest absolute Gasteiger partial charge is 0.497 e. The average molecular weight is 318 g/mol. The lowest BCUT2D eigenvalue weighted by Crippen LogP contribution is -2.47. The highest BCUT2D eigenvalue weighted by molar-refractivity contribution is 6.05. The Morgan fingerprint density at radius 2 is 1.87 bits per heavy atom. The van der Waals surface area contributed by atoms with Gasteiger partial charge in [0.1, 0.15) is 5.75 Å². The Bertz CT molecular complexity index is 566. The summed E-state index contributed by atoms with van der Waals surface area (Å²) in [5, 5.41) is 0. The minimum atomic E-state index is -0.303. The van der Waals surface area contributed by atoms with Crippen LogP contribution in [0.3, 0.4) is 0 Å². The SMILES string of the molecule is COc1ccc(CCN2C(=O)C[C@H](N3CCOCC3)C2=O)cc1. The van der Waals surface area contributed by atoms with Crippen molar-refractivity contribution in [3.8, 4) is 5.75 Å². The molecule has 2 saturated heterocycles. The molecule has 0 bridgehead atoms. The molecule has 0 aliphatic carbocycles.